The average Bonchev–Trinajstić information content (AvgIpc) is 3.12. The molecule has 0 amide bonds. The molecule has 0 heterocycles. The standard InChI is InChI=1S/C34H28O21/c35-14-1-10(2-15(36)24(14)44)31(48)52-23-9-22(43)28(53-32(49)11-3-16(37)25(45)17(38)4-11)30(55-34(51)13-7-20(41)27(47)21(42)8-13)29(23)54-33(50)12-5-18(39)26(46)19(40)6-12/h1-8,22-23,28-30,35-47H,9H2/t22-,23+,28+,29-,30-/m0/s1. The molecule has 0 saturated heterocycles. The van der Waals surface area contributed by atoms with Gasteiger partial charge in [-0.15, -0.1) is 0 Å². The van der Waals surface area contributed by atoms with E-state index >= 15 is 0 Å². The molecule has 5 rings (SSSR count). The van der Waals surface area contributed by atoms with Crippen molar-refractivity contribution in [1.29, 1.82) is 0 Å². The molecule has 0 bridgehead atoms. The number of ether oxygens (including phenoxy) is 4. The molecule has 1 aliphatic rings. The van der Waals surface area contributed by atoms with Crippen molar-refractivity contribution in [1.82, 2.24) is 0 Å². The summed E-state index contributed by atoms with van der Waals surface area (Å²) in [6.45, 7) is 0. The molecule has 21 heteroatoms. The number of aromatic hydroxyl groups is 12. The first-order chi connectivity index (χ1) is 25.8. The van der Waals surface area contributed by atoms with Crippen molar-refractivity contribution < 1.29 is 105 Å². The Bertz CT molecular complexity index is 2120. The molecule has 55 heavy (non-hydrogen) atoms. The Morgan fingerprint density at radius 1 is 0.382 bits per heavy atom. The molecule has 4 aromatic carbocycles. The van der Waals surface area contributed by atoms with Crippen LogP contribution in [0.3, 0.4) is 0 Å². The van der Waals surface area contributed by atoms with E-state index in [0.717, 1.165) is 0 Å². The van der Waals surface area contributed by atoms with E-state index in [2.05, 4.69) is 0 Å². The Kier molecular flexibility index (Phi) is 10.3. The minimum atomic E-state index is -2.31. The molecule has 290 valence electrons. The number of rotatable bonds is 8. The van der Waals surface area contributed by atoms with Crippen molar-refractivity contribution in [3.8, 4) is 69.0 Å². The number of carbonyl (C=O) groups is 4. The van der Waals surface area contributed by atoms with Gasteiger partial charge in [0.05, 0.1) is 28.4 Å². The van der Waals surface area contributed by atoms with Gasteiger partial charge in [0.1, 0.15) is 6.10 Å². The zero-order valence-electron chi connectivity index (χ0n) is 27.3. The maximum atomic E-state index is 13.5. The van der Waals surface area contributed by atoms with Gasteiger partial charge in [-0.2, -0.15) is 0 Å². The van der Waals surface area contributed by atoms with Crippen LogP contribution in [0.5, 0.6) is 69.0 Å². The molecule has 1 aliphatic carbocycles. The van der Waals surface area contributed by atoms with Crippen LogP contribution in [0.15, 0.2) is 48.5 Å². The second-order valence-corrected chi connectivity index (χ2v) is 11.8. The molecular weight excluding hydrogens is 744 g/mol. The number of hydrogen-bond acceptors (Lipinski definition) is 21. The zero-order chi connectivity index (χ0) is 40.6. The van der Waals surface area contributed by atoms with Gasteiger partial charge in [-0.3, -0.25) is 0 Å². The van der Waals surface area contributed by atoms with Crippen LogP contribution in [0.1, 0.15) is 47.9 Å². The van der Waals surface area contributed by atoms with Crippen LogP contribution in [0.2, 0.25) is 0 Å². The number of benzene rings is 4. The monoisotopic (exact) mass is 772 g/mol. The molecule has 4 aromatic rings. The molecule has 0 spiro atoms. The van der Waals surface area contributed by atoms with Crippen LogP contribution in [-0.4, -0.2) is 121 Å². The molecule has 0 radical (unpaired) electrons. The van der Waals surface area contributed by atoms with Crippen LogP contribution < -0.4 is 0 Å². The van der Waals surface area contributed by atoms with Gasteiger partial charge in [0.15, 0.2) is 87.3 Å². The third kappa shape index (κ3) is 7.75. The lowest BCUT2D eigenvalue weighted by Gasteiger charge is -2.42. The summed E-state index contributed by atoms with van der Waals surface area (Å²) >= 11 is 0. The number of hydrogen-bond donors (Lipinski definition) is 13. The van der Waals surface area contributed by atoms with E-state index in [1.807, 2.05) is 0 Å². The van der Waals surface area contributed by atoms with E-state index in [9.17, 15) is 85.6 Å². The largest absolute Gasteiger partial charge is 0.504 e. The summed E-state index contributed by atoms with van der Waals surface area (Å²) < 4.78 is 21.7. The molecular formula is C34H28O21. The smallest absolute Gasteiger partial charge is 0.338 e. The number of phenolic OH excluding ortho intramolecular Hbond substituents is 12. The van der Waals surface area contributed by atoms with E-state index in [-0.39, 0.29) is 0 Å². The molecule has 5 atom stereocenters. The van der Waals surface area contributed by atoms with Crippen molar-refractivity contribution in [2.45, 2.75) is 36.9 Å². The Morgan fingerprint density at radius 2 is 0.618 bits per heavy atom. The number of carbonyl (C=O) groups excluding carboxylic acids is 4. The summed E-state index contributed by atoms with van der Waals surface area (Å²) in [5, 5.41) is 130. The maximum Gasteiger partial charge on any atom is 0.338 e. The second-order valence-electron chi connectivity index (χ2n) is 11.8. The van der Waals surface area contributed by atoms with Crippen LogP contribution in [-0.2, 0) is 18.9 Å². The molecule has 21 nitrogen and oxygen atoms in total. The Labute approximate surface area is 305 Å². The van der Waals surface area contributed by atoms with E-state index in [0.29, 0.717) is 48.5 Å². The Hall–Kier alpha value is -7.68. The fourth-order valence-electron chi connectivity index (χ4n) is 5.33. The molecule has 1 saturated carbocycles. The fraction of sp³-hybridized carbons (Fsp3) is 0.176. The molecule has 13 N–H and O–H groups in total. The number of aliphatic hydroxyl groups is 1. The highest BCUT2D eigenvalue weighted by Gasteiger charge is 2.53. The van der Waals surface area contributed by atoms with E-state index in [1.54, 1.807) is 0 Å². The van der Waals surface area contributed by atoms with E-state index in [1.165, 1.54) is 0 Å². The summed E-state index contributed by atoms with van der Waals surface area (Å²) in [5.41, 5.74) is -2.71. The van der Waals surface area contributed by atoms with Gasteiger partial charge in [-0.1, -0.05) is 0 Å². The van der Waals surface area contributed by atoms with Gasteiger partial charge >= 0.3 is 23.9 Å². The summed E-state index contributed by atoms with van der Waals surface area (Å²) in [5.74, 6) is -18.2. The molecule has 0 aliphatic heterocycles. The molecule has 0 aromatic heterocycles. The van der Waals surface area contributed by atoms with Crippen LogP contribution in [0.25, 0.3) is 0 Å². The third-order valence-corrected chi connectivity index (χ3v) is 8.08. The summed E-state index contributed by atoms with van der Waals surface area (Å²) in [4.78, 5) is 53.5. The highest BCUT2D eigenvalue weighted by Crippen LogP contribution is 2.41. The van der Waals surface area contributed by atoms with Crippen molar-refractivity contribution in [2.75, 3.05) is 0 Å². The molecule has 1 fully saturated rings. The van der Waals surface area contributed by atoms with Gasteiger partial charge in [0.2, 0.25) is 0 Å². The lowest BCUT2D eigenvalue weighted by Crippen LogP contribution is -2.61. The number of phenols is 12. The van der Waals surface area contributed by atoms with Crippen LogP contribution in [0, 0.1) is 0 Å². The first kappa shape index (κ1) is 38.5. The lowest BCUT2D eigenvalue weighted by molar-refractivity contribution is -0.181. The summed E-state index contributed by atoms with van der Waals surface area (Å²) in [7, 11) is 0. The Morgan fingerprint density at radius 3 is 0.909 bits per heavy atom. The predicted molar refractivity (Wildman–Crippen MR) is 173 cm³/mol. The van der Waals surface area contributed by atoms with Crippen molar-refractivity contribution in [2.24, 2.45) is 0 Å². The van der Waals surface area contributed by atoms with E-state index < -0.39 is 152 Å². The van der Waals surface area contributed by atoms with Gasteiger partial charge < -0.3 is 85.3 Å². The average molecular weight is 773 g/mol. The first-order valence-corrected chi connectivity index (χ1v) is 15.3. The van der Waals surface area contributed by atoms with Gasteiger partial charge in [0, 0.05) is 6.42 Å². The second kappa shape index (κ2) is 14.7. The SMILES string of the molecule is O=C(O[C@@H]1[C@@H](OC(=O)c2cc(O)c(O)c(O)c2)[C@H](OC(=O)c2cc(O)c(O)c(O)c2)C[C@H](O)[C@H]1OC(=O)c1cc(O)c(O)c(O)c1)c1cc(O)c(O)c(O)c1. The van der Waals surface area contributed by atoms with Crippen LogP contribution >= 0.6 is 0 Å². The maximum absolute atomic E-state index is 13.5. The van der Waals surface area contributed by atoms with E-state index in [4.69, 9.17) is 18.9 Å². The minimum absolute atomic E-state index is 0.601. The Balaban J connectivity index is 1.61. The van der Waals surface area contributed by atoms with Gasteiger partial charge in [0.25, 0.3) is 0 Å². The highest BCUT2D eigenvalue weighted by molar-refractivity contribution is 5.94. The lowest BCUT2D eigenvalue weighted by atomic mass is 9.86. The number of aliphatic hydroxyl groups excluding tert-OH is 1. The molecule has 0 unspecified atom stereocenters. The zero-order valence-corrected chi connectivity index (χ0v) is 27.3. The number of esters is 4. The fourth-order valence-corrected chi connectivity index (χ4v) is 5.33. The summed E-state index contributed by atoms with van der Waals surface area (Å²) in [6, 6.07) is 4.98. The van der Waals surface area contributed by atoms with Gasteiger partial charge in [-0.05, 0) is 48.5 Å². The quantitative estimate of drug-likeness (QED) is 0.0677. The van der Waals surface area contributed by atoms with Gasteiger partial charge in [-0.25, -0.2) is 19.2 Å². The topological polar surface area (TPSA) is 368 Å². The first-order valence-electron chi connectivity index (χ1n) is 15.3. The highest BCUT2D eigenvalue weighted by atomic mass is 16.6. The summed E-state index contributed by atoms with van der Waals surface area (Å²) in [6.07, 6.45) is -11.5. The predicted octanol–water partition coefficient (Wildman–Crippen LogP) is 1.12. The van der Waals surface area contributed by atoms with Crippen molar-refractivity contribution in [3.05, 3.63) is 70.8 Å². The van der Waals surface area contributed by atoms with Crippen molar-refractivity contribution >= 4 is 23.9 Å². The van der Waals surface area contributed by atoms with Crippen molar-refractivity contribution in [3.63, 3.8) is 0 Å². The van der Waals surface area contributed by atoms with Crippen LogP contribution in [0.4, 0.5) is 0 Å². The minimum Gasteiger partial charge on any atom is -0.504 e. The normalized spacial score (nSPS) is 19.2. The third-order valence-electron chi connectivity index (χ3n) is 8.08.